The van der Waals surface area contributed by atoms with Crippen LogP contribution in [-0.4, -0.2) is 30.2 Å². The number of aromatic hydroxyl groups is 1. The Morgan fingerprint density at radius 3 is 2.88 bits per heavy atom. The lowest BCUT2D eigenvalue weighted by Gasteiger charge is -2.30. The maximum atomic E-state index is 9.32. The van der Waals surface area contributed by atoms with E-state index in [4.69, 9.17) is 0 Å². The zero-order valence-electron chi connectivity index (χ0n) is 9.94. The molecular weight excluding hydrogens is 220 g/mol. The van der Waals surface area contributed by atoms with Crippen molar-refractivity contribution in [2.75, 3.05) is 20.1 Å². The van der Waals surface area contributed by atoms with Gasteiger partial charge >= 0.3 is 0 Å². The van der Waals surface area contributed by atoms with E-state index in [0.717, 1.165) is 35.5 Å². The second-order valence-electron chi connectivity index (χ2n) is 4.03. The van der Waals surface area contributed by atoms with E-state index in [1.165, 1.54) is 11.3 Å². The number of nitrogens with zero attached hydrogens (tertiary/aromatic N) is 2. The van der Waals surface area contributed by atoms with Crippen molar-refractivity contribution in [3.8, 4) is 5.88 Å². The van der Waals surface area contributed by atoms with E-state index in [1.54, 1.807) is 5.38 Å². The topological polar surface area (TPSA) is 33.1 Å². The van der Waals surface area contributed by atoms with Crippen LogP contribution in [0.15, 0.2) is 23.8 Å². The van der Waals surface area contributed by atoms with E-state index in [1.807, 2.05) is 6.08 Å². The average molecular weight is 239 g/mol. The highest BCUT2D eigenvalue weighted by molar-refractivity contribution is 7.13. The van der Waals surface area contributed by atoms with Gasteiger partial charge in [0.15, 0.2) is 0 Å². The smallest absolute Gasteiger partial charge is 0.289 e. The molecule has 1 aromatic heterocycles. The molecule has 0 bridgehead atoms. The van der Waals surface area contributed by atoms with Crippen molar-refractivity contribution >= 4 is 16.5 Å². The number of rotatable bonds is 6. The summed E-state index contributed by atoms with van der Waals surface area (Å²) in [5, 5.41) is 12.0. The number of thiazole rings is 1. The van der Waals surface area contributed by atoms with Crippen LogP contribution in [0.3, 0.4) is 0 Å². The first-order chi connectivity index (χ1) is 7.62. The summed E-state index contributed by atoms with van der Waals surface area (Å²) < 4.78 is 0.764. The summed E-state index contributed by atoms with van der Waals surface area (Å²) in [7, 11) is 2.15. The number of quaternary nitrogens is 1. The van der Waals surface area contributed by atoms with E-state index < -0.39 is 0 Å². The van der Waals surface area contributed by atoms with Crippen molar-refractivity contribution in [3.63, 3.8) is 0 Å². The molecule has 0 saturated heterocycles. The van der Waals surface area contributed by atoms with Crippen molar-refractivity contribution in [1.29, 1.82) is 0 Å². The van der Waals surface area contributed by atoms with Crippen molar-refractivity contribution in [2.24, 2.45) is 0 Å². The Kier molecular flexibility index (Phi) is 4.74. The lowest BCUT2D eigenvalue weighted by Crippen LogP contribution is -2.46. The fourth-order valence-corrected chi connectivity index (χ4v) is 2.60. The van der Waals surface area contributed by atoms with Crippen LogP contribution in [0, 0.1) is 0 Å². The van der Waals surface area contributed by atoms with Crippen LogP contribution >= 0.6 is 11.3 Å². The zero-order valence-corrected chi connectivity index (χ0v) is 10.8. The van der Waals surface area contributed by atoms with Crippen LogP contribution in [0.5, 0.6) is 5.88 Å². The SMILES string of the molecule is C=C=CCC[N+](C)(CCC)c1nc(O)cs1. The van der Waals surface area contributed by atoms with Gasteiger partial charge in [-0.2, -0.15) is 0 Å². The minimum absolute atomic E-state index is 0.125. The zero-order chi connectivity index (χ0) is 12.0. The molecule has 0 fully saturated rings. The molecule has 1 rings (SSSR count). The number of hydrogen-bond acceptors (Lipinski definition) is 3. The fraction of sp³-hybridized carbons (Fsp3) is 0.500. The molecule has 0 aliphatic heterocycles. The monoisotopic (exact) mass is 239 g/mol. The van der Waals surface area contributed by atoms with Crippen LogP contribution in [0.25, 0.3) is 0 Å². The quantitative estimate of drug-likeness (QED) is 0.611. The van der Waals surface area contributed by atoms with Crippen molar-refractivity contribution in [2.45, 2.75) is 19.8 Å². The summed E-state index contributed by atoms with van der Waals surface area (Å²) in [6, 6.07) is 0. The standard InChI is InChI=1S/C12H18N2OS/c1-4-6-7-9-14(3,8-5-2)12-13-11(15)10-16-12/h6,10H,1,5,7-9H2,2-3H3/p+1. The molecular formula is C12H19N2OS+. The van der Waals surface area contributed by atoms with Gasteiger partial charge in [0, 0.05) is 6.42 Å². The Labute approximate surface area is 101 Å². The Hall–Kier alpha value is -1.09. The highest BCUT2D eigenvalue weighted by Crippen LogP contribution is 2.29. The fourth-order valence-electron chi connectivity index (χ4n) is 1.75. The summed E-state index contributed by atoms with van der Waals surface area (Å²) in [6.07, 6.45) is 3.97. The van der Waals surface area contributed by atoms with Crippen LogP contribution in [0.4, 0.5) is 5.13 Å². The van der Waals surface area contributed by atoms with Gasteiger partial charge in [-0.15, -0.1) is 10.7 Å². The molecule has 0 aromatic carbocycles. The lowest BCUT2D eigenvalue weighted by atomic mass is 10.3. The van der Waals surface area contributed by atoms with Gasteiger partial charge < -0.3 is 5.11 Å². The third-order valence-electron chi connectivity index (χ3n) is 2.57. The molecule has 1 N–H and O–H groups in total. The Bertz CT molecular complexity index is 382. The molecule has 3 nitrogen and oxygen atoms in total. The molecule has 16 heavy (non-hydrogen) atoms. The van der Waals surface area contributed by atoms with E-state index in [-0.39, 0.29) is 5.88 Å². The molecule has 4 heteroatoms. The first-order valence-electron chi connectivity index (χ1n) is 5.46. The molecule has 0 spiro atoms. The largest absolute Gasteiger partial charge is 0.493 e. The van der Waals surface area contributed by atoms with E-state index >= 15 is 0 Å². The Morgan fingerprint density at radius 2 is 2.38 bits per heavy atom. The van der Waals surface area contributed by atoms with Gasteiger partial charge in [-0.25, -0.2) is 0 Å². The second kappa shape index (κ2) is 5.85. The highest BCUT2D eigenvalue weighted by atomic mass is 32.1. The molecule has 0 aliphatic rings. The van der Waals surface area contributed by atoms with Gasteiger partial charge in [0.25, 0.3) is 5.13 Å². The predicted octanol–water partition coefficient (Wildman–Crippen LogP) is 2.93. The third kappa shape index (κ3) is 3.20. The van der Waals surface area contributed by atoms with E-state index in [2.05, 4.69) is 31.3 Å². The minimum Gasteiger partial charge on any atom is -0.493 e. The summed E-state index contributed by atoms with van der Waals surface area (Å²) in [5.74, 6) is 0.125. The molecule has 1 heterocycles. The lowest BCUT2D eigenvalue weighted by molar-refractivity contribution is 0.331. The predicted molar refractivity (Wildman–Crippen MR) is 69.8 cm³/mol. The molecule has 0 radical (unpaired) electrons. The normalized spacial score (nSPS) is 14.1. The first-order valence-corrected chi connectivity index (χ1v) is 6.34. The summed E-state index contributed by atoms with van der Waals surface area (Å²) in [4.78, 5) is 4.18. The molecule has 0 amide bonds. The van der Waals surface area contributed by atoms with Crippen molar-refractivity contribution in [3.05, 3.63) is 23.8 Å². The molecule has 1 atom stereocenters. The van der Waals surface area contributed by atoms with Crippen LogP contribution in [0.1, 0.15) is 19.8 Å². The molecule has 88 valence electrons. The highest BCUT2D eigenvalue weighted by Gasteiger charge is 2.27. The maximum Gasteiger partial charge on any atom is 0.289 e. The molecule has 0 aliphatic carbocycles. The third-order valence-corrected chi connectivity index (χ3v) is 3.64. The minimum atomic E-state index is 0.125. The van der Waals surface area contributed by atoms with Crippen molar-refractivity contribution < 1.29 is 5.11 Å². The second-order valence-corrected chi connectivity index (χ2v) is 4.86. The van der Waals surface area contributed by atoms with E-state index in [9.17, 15) is 5.11 Å². The van der Waals surface area contributed by atoms with Gasteiger partial charge in [0.1, 0.15) is 0 Å². The number of hydrogen-bond donors (Lipinski definition) is 1. The molecule has 0 saturated carbocycles. The number of aromatic nitrogens is 1. The summed E-state index contributed by atoms with van der Waals surface area (Å²) in [5.41, 5.74) is 2.79. The Morgan fingerprint density at radius 1 is 1.62 bits per heavy atom. The first kappa shape index (κ1) is 13.0. The van der Waals surface area contributed by atoms with Gasteiger partial charge in [-0.3, -0.25) is 4.48 Å². The average Bonchev–Trinajstić information content (AvgIpc) is 2.66. The van der Waals surface area contributed by atoms with E-state index in [0.29, 0.717) is 0 Å². The van der Waals surface area contributed by atoms with Gasteiger partial charge in [-0.05, 0) is 12.5 Å². The molecule has 1 aromatic rings. The Balaban J connectivity index is 2.82. The summed E-state index contributed by atoms with van der Waals surface area (Å²) in [6.45, 7) is 7.71. The van der Waals surface area contributed by atoms with Crippen LogP contribution < -0.4 is 4.48 Å². The van der Waals surface area contributed by atoms with Gasteiger partial charge in [-0.1, -0.05) is 24.8 Å². The van der Waals surface area contributed by atoms with Crippen LogP contribution in [-0.2, 0) is 0 Å². The van der Waals surface area contributed by atoms with Crippen molar-refractivity contribution in [1.82, 2.24) is 9.47 Å². The van der Waals surface area contributed by atoms with Crippen LogP contribution in [0.2, 0.25) is 0 Å². The van der Waals surface area contributed by atoms with Gasteiger partial charge in [0.2, 0.25) is 5.88 Å². The maximum absolute atomic E-state index is 9.32. The van der Waals surface area contributed by atoms with Gasteiger partial charge in [0.05, 0.1) is 25.5 Å². The molecule has 1 unspecified atom stereocenters. The summed E-state index contributed by atoms with van der Waals surface area (Å²) >= 11 is 1.52.